The van der Waals surface area contributed by atoms with Gasteiger partial charge in [-0.2, -0.15) is 0 Å². The molecule has 5 nitrogen and oxygen atoms in total. The molecule has 0 saturated heterocycles. The molecule has 31 heavy (non-hydrogen) atoms. The highest BCUT2D eigenvalue weighted by Gasteiger charge is 2.20. The molecule has 0 aliphatic heterocycles. The smallest absolute Gasteiger partial charge is 0.242 e. The van der Waals surface area contributed by atoms with Gasteiger partial charge in [0, 0.05) is 43.7 Å². The molecule has 0 spiro atoms. The summed E-state index contributed by atoms with van der Waals surface area (Å²) in [6.07, 6.45) is 4.48. The Hall–Kier alpha value is -3.15. The van der Waals surface area contributed by atoms with Gasteiger partial charge in [0.25, 0.3) is 0 Å². The molecule has 2 aromatic carbocycles. The molecule has 0 radical (unpaired) electrons. The summed E-state index contributed by atoms with van der Waals surface area (Å²) >= 11 is 0. The van der Waals surface area contributed by atoms with E-state index in [2.05, 4.69) is 18.0 Å². The fourth-order valence-corrected chi connectivity index (χ4v) is 3.66. The van der Waals surface area contributed by atoms with E-state index in [0.29, 0.717) is 26.1 Å². The second-order valence-electron chi connectivity index (χ2n) is 7.85. The second kappa shape index (κ2) is 10.8. The Kier molecular flexibility index (Phi) is 7.82. The Balaban J connectivity index is 1.75. The molecule has 0 saturated carbocycles. The van der Waals surface area contributed by atoms with Crippen molar-refractivity contribution in [1.82, 2.24) is 14.8 Å². The van der Waals surface area contributed by atoms with Crippen LogP contribution in [0.15, 0.2) is 54.7 Å². The van der Waals surface area contributed by atoms with E-state index in [1.54, 1.807) is 21.9 Å². The van der Waals surface area contributed by atoms with Crippen LogP contribution in [0.4, 0.5) is 4.39 Å². The number of aromatic nitrogens is 1. The van der Waals surface area contributed by atoms with E-state index in [1.807, 2.05) is 24.4 Å². The number of para-hydroxylation sites is 1. The number of nitrogens with one attached hydrogen (secondary N) is 1. The van der Waals surface area contributed by atoms with E-state index in [9.17, 15) is 14.0 Å². The third kappa shape index (κ3) is 6.17. The largest absolute Gasteiger partial charge is 0.361 e. The molecule has 0 aliphatic rings. The van der Waals surface area contributed by atoms with Crippen LogP contribution in [0.3, 0.4) is 0 Å². The van der Waals surface area contributed by atoms with Crippen molar-refractivity contribution in [2.75, 3.05) is 19.6 Å². The summed E-state index contributed by atoms with van der Waals surface area (Å²) in [7, 11) is 0. The minimum Gasteiger partial charge on any atom is -0.361 e. The lowest BCUT2D eigenvalue weighted by atomic mass is 10.1. The summed E-state index contributed by atoms with van der Waals surface area (Å²) in [5.41, 5.74) is 3.06. The van der Waals surface area contributed by atoms with E-state index in [1.165, 1.54) is 19.1 Å². The molecule has 1 aromatic heterocycles. The van der Waals surface area contributed by atoms with Crippen LogP contribution in [0.1, 0.15) is 37.8 Å². The zero-order valence-electron chi connectivity index (χ0n) is 18.2. The first-order chi connectivity index (χ1) is 15.0. The van der Waals surface area contributed by atoms with Crippen molar-refractivity contribution in [3.8, 4) is 0 Å². The topological polar surface area (TPSA) is 56.4 Å². The van der Waals surface area contributed by atoms with Crippen LogP contribution in [0.2, 0.25) is 0 Å². The number of unbranched alkanes of at least 4 members (excludes halogenated alkanes) is 1. The Morgan fingerprint density at radius 2 is 1.74 bits per heavy atom. The first-order valence-electron chi connectivity index (χ1n) is 10.8. The normalized spacial score (nSPS) is 10.9. The van der Waals surface area contributed by atoms with Gasteiger partial charge in [-0.3, -0.25) is 9.59 Å². The average molecular weight is 424 g/mol. The molecule has 2 amide bonds. The van der Waals surface area contributed by atoms with Crippen LogP contribution >= 0.6 is 0 Å². The van der Waals surface area contributed by atoms with Crippen molar-refractivity contribution in [3.05, 3.63) is 71.7 Å². The highest BCUT2D eigenvalue weighted by Crippen LogP contribution is 2.19. The molecule has 0 atom stereocenters. The number of carbonyl (C=O) groups excluding carboxylic acids is 2. The third-order valence-corrected chi connectivity index (χ3v) is 5.52. The van der Waals surface area contributed by atoms with Crippen LogP contribution in [-0.2, 0) is 22.6 Å². The highest BCUT2D eigenvalue weighted by molar-refractivity contribution is 5.84. The maximum absolute atomic E-state index is 13.3. The van der Waals surface area contributed by atoms with E-state index in [0.717, 1.165) is 34.9 Å². The van der Waals surface area contributed by atoms with Crippen molar-refractivity contribution >= 4 is 22.7 Å². The quantitative estimate of drug-likeness (QED) is 0.521. The SMILES string of the molecule is CCCCN(CC(=O)N(CCc1c[nH]c2ccccc12)Cc1ccc(F)cc1)C(C)=O. The zero-order valence-corrected chi connectivity index (χ0v) is 18.2. The summed E-state index contributed by atoms with van der Waals surface area (Å²) in [5, 5.41) is 1.14. The van der Waals surface area contributed by atoms with Gasteiger partial charge in [-0.05, 0) is 42.2 Å². The lowest BCUT2D eigenvalue weighted by Crippen LogP contribution is -2.43. The van der Waals surface area contributed by atoms with Gasteiger partial charge in [-0.1, -0.05) is 43.7 Å². The number of fused-ring (bicyclic) bond motifs is 1. The predicted molar refractivity (Wildman–Crippen MR) is 121 cm³/mol. The molecule has 1 N–H and O–H groups in total. The monoisotopic (exact) mass is 423 g/mol. The molecule has 6 heteroatoms. The number of nitrogens with zero attached hydrogens (tertiary/aromatic N) is 2. The Labute approximate surface area is 182 Å². The second-order valence-corrected chi connectivity index (χ2v) is 7.85. The first-order valence-corrected chi connectivity index (χ1v) is 10.8. The molecule has 0 fully saturated rings. The van der Waals surface area contributed by atoms with Gasteiger partial charge in [0.2, 0.25) is 11.8 Å². The van der Waals surface area contributed by atoms with Gasteiger partial charge in [-0.25, -0.2) is 4.39 Å². The minimum absolute atomic E-state index is 0.0599. The molecular formula is C25H30FN3O2. The summed E-state index contributed by atoms with van der Waals surface area (Å²) in [4.78, 5) is 31.8. The Morgan fingerprint density at radius 3 is 2.45 bits per heavy atom. The first kappa shape index (κ1) is 22.5. The van der Waals surface area contributed by atoms with Gasteiger partial charge in [0.1, 0.15) is 5.82 Å². The van der Waals surface area contributed by atoms with Crippen molar-refractivity contribution in [3.63, 3.8) is 0 Å². The molecule has 1 heterocycles. The van der Waals surface area contributed by atoms with Crippen molar-refractivity contribution < 1.29 is 14.0 Å². The molecule has 3 aromatic rings. The fourth-order valence-electron chi connectivity index (χ4n) is 3.66. The third-order valence-electron chi connectivity index (χ3n) is 5.52. The van der Waals surface area contributed by atoms with E-state index >= 15 is 0 Å². The van der Waals surface area contributed by atoms with Crippen LogP contribution in [-0.4, -0.2) is 46.2 Å². The number of benzene rings is 2. The summed E-state index contributed by atoms with van der Waals surface area (Å²) in [6.45, 7) is 5.08. The predicted octanol–water partition coefficient (Wildman–Crippen LogP) is 4.53. The molecular weight excluding hydrogens is 393 g/mol. The number of halogens is 1. The van der Waals surface area contributed by atoms with Crippen LogP contribution in [0, 0.1) is 5.82 Å². The fraction of sp³-hybridized carbons (Fsp3) is 0.360. The number of hydrogen-bond donors (Lipinski definition) is 1. The number of H-pyrrole nitrogens is 1. The number of rotatable bonds is 10. The van der Waals surface area contributed by atoms with Crippen LogP contribution in [0.5, 0.6) is 0 Å². The standard InChI is InChI=1S/C25H30FN3O2/c1-3-4-14-28(19(2)30)18-25(31)29(17-20-9-11-22(26)12-10-20)15-13-21-16-27-24-8-6-5-7-23(21)24/h5-12,16,27H,3-4,13-15,17-18H2,1-2H3. The molecule has 0 unspecified atom stereocenters. The van der Waals surface area contributed by atoms with Gasteiger partial charge < -0.3 is 14.8 Å². The summed E-state index contributed by atoms with van der Waals surface area (Å²) < 4.78 is 13.3. The van der Waals surface area contributed by atoms with Crippen LogP contribution in [0.25, 0.3) is 10.9 Å². The number of carbonyl (C=O) groups is 2. The van der Waals surface area contributed by atoms with Gasteiger partial charge in [0.05, 0.1) is 6.54 Å². The average Bonchev–Trinajstić information content (AvgIpc) is 3.18. The minimum atomic E-state index is -0.303. The number of amides is 2. The van der Waals surface area contributed by atoms with Gasteiger partial charge in [0.15, 0.2) is 0 Å². The maximum atomic E-state index is 13.3. The van der Waals surface area contributed by atoms with Crippen LogP contribution < -0.4 is 0 Å². The highest BCUT2D eigenvalue weighted by atomic mass is 19.1. The zero-order chi connectivity index (χ0) is 22.2. The molecule has 0 aliphatic carbocycles. The summed E-state index contributed by atoms with van der Waals surface area (Å²) in [6, 6.07) is 14.3. The summed E-state index contributed by atoms with van der Waals surface area (Å²) in [5.74, 6) is -0.502. The van der Waals surface area contributed by atoms with Gasteiger partial charge >= 0.3 is 0 Å². The Bertz CT molecular complexity index is 1010. The van der Waals surface area contributed by atoms with E-state index in [4.69, 9.17) is 0 Å². The molecule has 3 rings (SSSR count). The van der Waals surface area contributed by atoms with E-state index < -0.39 is 0 Å². The van der Waals surface area contributed by atoms with Crippen molar-refractivity contribution in [2.45, 2.75) is 39.7 Å². The van der Waals surface area contributed by atoms with Crippen molar-refractivity contribution in [2.24, 2.45) is 0 Å². The maximum Gasteiger partial charge on any atom is 0.242 e. The molecule has 164 valence electrons. The van der Waals surface area contributed by atoms with Crippen molar-refractivity contribution in [1.29, 1.82) is 0 Å². The van der Waals surface area contributed by atoms with E-state index in [-0.39, 0.29) is 24.2 Å². The van der Waals surface area contributed by atoms with Gasteiger partial charge in [-0.15, -0.1) is 0 Å². The molecule has 0 bridgehead atoms. The number of aromatic amines is 1. The Morgan fingerprint density at radius 1 is 1.00 bits per heavy atom. The lowest BCUT2D eigenvalue weighted by molar-refractivity contribution is -0.139. The lowest BCUT2D eigenvalue weighted by Gasteiger charge is -2.27. The number of hydrogen-bond acceptors (Lipinski definition) is 2.